The fourth-order valence-electron chi connectivity index (χ4n) is 2.94. The molecule has 0 fully saturated rings. The number of hydrogen-bond donors (Lipinski definition) is 2. The Bertz CT molecular complexity index is 1020. The Hall–Kier alpha value is -3.21. The highest BCUT2D eigenvalue weighted by Crippen LogP contribution is 2.45. The first-order valence-corrected chi connectivity index (χ1v) is 6.85. The Morgan fingerprint density at radius 3 is 2.18 bits per heavy atom. The van der Waals surface area contributed by atoms with Crippen LogP contribution in [0.2, 0.25) is 0 Å². The van der Waals surface area contributed by atoms with Gasteiger partial charge in [-0.2, -0.15) is 0 Å². The highest BCUT2D eigenvalue weighted by Gasteiger charge is 2.25. The lowest BCUT2D eigenvalue weighted by molar-refractivity contribution is 1.00. The number of nitrogens with zero attached hydrogens (tertiary/aromatic N) is 1. The van der Waals surface area contributed by atoms with Gasteiger partial charge in [0.05, 0.1) is 11.3 Å². The molecule has 0 saturated carbocycles. The van der Waals surface area contributed by atoms with Crippen molar-refractivity contribution in [2.45, 2.75) is 0 Å². The van der Waals surface area contributed by atoms with Crippen LogP contribution in [0.15, 0.2) is 64.6 Å². The molecule has 22 heavy (non-hydrogen) atoms. The first kappa shape index (κ1) is 12.5. The van der Waals surface area contributed by atoms with Gasteiger partial charge < -0.3 is 0 Å². The smallest absolute Gasteiger partial charge is 0.272 e. The second kappa shape index (κ2) is 4.66. The van der Waals surface area contributed by atoms with Crippen molar-refractivity contribution in [2.75, 3.05) is 0 Å². The van der Waals surface area contributed by atoms with Gasteiger partial charge >= 0.3 is 0 Å². The predicted molar refractivity (Wildman–Crippen MR) is 86.4 cm³/mol. The average molecular weight is 289 g/mol. The van der Waals surface area contributed by atoms with Gasteiger partial charge in [-0.05, 0) is 10.6 Å². The lowest BCUT2D eigenvalue weighted by Gasteiger charge is -2.08. The number of nitrogens with one attached hydrogen (secondary N) is 2. The molecule has 0 saturated heterocycles. The number of nitroso groups, excluding NO2 is 1. The van der Waals surface area contributed by atoms with Crippen molar-refractivity contribution >= 4 is 16.5 Å². The van der Waals surface area contributed by atoms with E-state index in [9.17, 15) is 9.70 Å². The number of benzene rings is 2. The van der Waals surface area contributed by atoms with Crippen LogP contribution in [0.4, 0.5) is 5.69 Å². The summed E-state index contributed by atoms with van der Waals surface area (Å²) in [6.45, 7) is 0. The fourth-order valence-corrected chi connectivity index (χ4v) is 2.94. The summed E-state index contributed by atoms with van der Waals surface area (Å²) in [5.74, 6) is 0. The molecule has 5 nitrogen and oxygen atoms in total. The zero-order valence-electron chi connectivity index (χ0n) is 11.5. The van der Waals surface area contributed by atoms with E-state index >= 15 is 0 Å². The maximum Gasteiger partial charge on any atom is 0.272 e. The molecule has 1 heterocycles. The molecule has 1 aliphatic carbocycles. The molecule has 0 amide bonds. The van der Waals surface area contributed by atoms with Gasteiger partial charge in [-0.25, -0.2) is 0 Å². The lowest BCUT2D eigenvalue weighted by Crippen LogP contribution is -2.12. The van der Waals surface area contributed by atoms with Gasteiger partial charge in [0, 0.05) is 16.5 Å². The molecule has 2 aromatic carbocycles. The maximum absolute atomic E-state index is 12.2. The Morgan fingerprint density at radius 2 is 1.45 bits per heavy atom. The van der Waals surface area contributed by atoms with E-state index in [-0.39, 0.29) is 11.2 Å². The quantitative estimate of drug-likeness (QED) is 0.546. The van der Waals surface area contributed by atoms with Crippen LogP contribution < -0.4 is 5.56 Å². The predicted octanol–water partition coefficient (Wildman–Crippen LogP) is 4.03. The number of aromatic nitrogens is 2. The van der Waals surface area contributed by atoms with E-state index in [1.807, 2.05) is 48.5 Å². The first-order chi connectivity index (χ1) is 10.8. The van der Waals surface area contributed by atoms with Crippen LogP contribution in [0.5, 0.6) is 0 Å². The monoisotopic (exact) mass is 289 g/mol. The minimum Gasteiger partial charge on any atom is -0.297 e. The zero-order chi connectivity index (χ0) is 15.1. The van der Waals surface area contributed by atoms with Crippen LogP contribution >= 0.6 is 0 Å². The van der Waals surface area contributed by atoms with Gasteiger partial charge in [0.25, 0.3) is 5.56 Å². The Morgan fingerprint density at radius 1 is 0.773 bits per heavy atom. The topological polar surface area (TPSA) is 78.1 Å². The minimum atomic E-state index is -0.347. The Balaban J connectivity index is 2.23. The Labute approximate surface area is 124 Å². The van der Waals surface area contributed by atoms with Crippen molar-refractivity contribution < 1.29 is 0 Å². The average Bonchev–Trinajstić information content (AvgIpc) is 2.91. The molecule has 5 heteroatoms. The summed E-state index contributed by atoms with van der Waals surface area (Å²) >= 11 is 0. The van der Waals surface area contributed by atoms with Crippen molar-refractivity contribution in [3.8, 4) is 22.4 Å². The second-order valence-electron chi connectivity index (χ2n) is 5.06. The van der Waals surface area contributed by atoms with Gasteiger partial charge in [0.15, 0.2) is 0 Å². The van der Waals surface area contributed by atoms with E-state index < -0.39 is 0 Å². The van der Waals surface area contributed by atoms with Crippen molar-refractivity contribution in [2.24, 2.45) is 5.18 Å². The molecule has 0 atom stereocenters. The van der Waals surface area contributed by atoms with Crippen molar-refractivity contribution in [1.82, 2.24) is 10.2 Å². The number of rotatable bonds is 2. The molecule has 106 valence electrons. The molecule has 2 aliphatic rings. The SMILES string of the molecule is O=Nc1c2c(=O)[nH][nH]c(-c3ccccc3)c-2c2ccccc12. The van der Waals surface area contributed by atoms with Gasteiger partial charge in [0.1, 0.15) is 5.69 Å². The van der Waals surface area contributed by atoms with Crippen LogP contribution in [0.1, 0.15) is 0 Å². The molecule has 1 aliphatic heterocycles. The molecular weight excluding hydrogens is 278 g/mol. The van der Waals surface area contributed by atoms with Gasteiger partial charge in [-0.15, -0.1) is 4.91 Å². The molecule has 2 N–H and O–H groups in total. The summed E-state index contributed by atoms with van der Waals surface area (Å²) in [4.78, 5) is 23.5. The molecule has 0 unspecified atom stereocenters. The Kier molecular flexibility index (Phi) is 2.66. The maximum atomic E-state index is 12.2. The third-order valence-electron chi connectivity index (χ3n) is 3.87. The van der Waals surface area contributed by atoms with Crippen molar-refractivity contribution in [1.29, 1.82) is 0 Å². The third kappa shape index (κ3) is 1.62. The summed E-state index contributed by atoms with van der Waals surface area (Å²) in [6, 6.07) is 17.1. The fraction of sp³-hybridized carbons (Fsp3) is 0. The van der Waals surface area contributed by atoms with Crippen LogP contribution in [-0.4, -0.2) is 10.2 Å². The normalized spacial score (nSPS) is 11.1. The van der Waals surface area contributed by atoms with Crippen LogP contribution in [0.3, 0.4) is 0 Å². The third-order valence-corrected chi connectivity index (χ3v) is 3.87. The minimum absolute atomic E-state index is 0.193. The van der Waals surface area contributed by atoms with Crippen molar-refractivity contribution in [3.05, 3.63) is 69.9 Å². The van der Waals surface area contributed by atoms with E-state index in [1.54, 1.807) is 6.07 Å². The summed E-state index contributed by atoms with van der Waals surface area (Å²) < 4.78 is 0. The van der Waals surface area contributed by atoms with E-state index in [4.69, 9.17) is 0 Å². The molecule has 0 aromatic heterocycles. The van der Waals surface area contributed by atoms with Crippen molar-refractivity contribution in [3.63, 3.8) is 0 Å². The lowest BCUT2D eigenvalue weighted by atomic mass is 10.0. The molecule has 0 radical (unpaired) electrons. The van der Waals surface area contributed by atoms with E-state index in [0.717, 1.165) is 22.2 Å². The largest absolute Gasteiger partial charge is 0.297 e. The van der Waals surface area contributed by atoms with Gasteiger partial charge in [0.2, 0.25) is 0 Å². The molecule has 0 bridgehead atoms. The summed E-state index contributed by atoms with van der Waals surface area (Å²) in [7, 11) is 0. The number of aromatic amines is 2. The van der Waals surface area contributed by atoms with Crippen LogP contribution in [0.25, 0.3) is 33.2 Å². The summed E-state index contributed by atoms with van der Waals surface area (Å²) in [6.07, 6.45) is 0. The van der Waals surface area contributed by atoms with Gasteiger partial charge in [-0.3, -0.25) is 15.0 Å². The molecule has 0 spiro atoms. The van der Waals surface area contributed by atoms with Gasteiger partial charge in [-0.1, -0.05) is 54.6 Å². The van der Waals surface area contributed by atoms with Crippen LogP contribution in [-0.2, 0) is 0 Å². The number of hydrogen-bond acceptors (Lipinski definition) is 3. The van der Waals surface area contributed by atoms with Crippen LogP contribution in [0, 0.1) is 4.91 Å². The zero-order valence-corrected chi connectivity index (χ0v) is 11.5. The number of H-pyrrole nitrogens is 2. The highest BCUT2D eigenvalue weighted by molar-refractivity contribution is 6.15. The van der Waals surface area contributed by atoms with E-state index in [1.165, 1.54) is 0 Å². The first-order valence-electron chi connectivity index (χ1n) is 6.85. The molecular formula is C17H11N3O2. The second-order valence-corrected chi connectivity index (χ2v) is 5.06. The highest BCUT2D eigenvalue weighted by atomic mass is 16.3. The number of fused-ring (bicyclic) bond motifs is 3. The summed E-state index contributed by atoms with van der Waals surface area (Å²) in [5.41, 5.74) is 2.59. The van der Waals surface area contributed by atoms with E-state index in [0.29, 0.717) is 10.9 Å². The van der Waals surface area contributed by atoms with E-state index in [2.05, 4.69) is 15.4 Å². The molecule has 2 aromatic rings. The summed E-state index contributed by atoms with van der Waals surface area (Å²) in [5, 5.41) is 10.2. The molecule has 4 rings (SSSR count). The standard InChI is InChI=1S/C17H11N3O2/c21-17-14-13(11-8-4-5-9-12(11)16(14)20-22)15(18-19-17)10-6-2-1-3-7-10/h1-9,18H,(H,19,21).